The third-order valence-electron chi connectivity index (χ3n) is 3.16. The maximum absolute atomic E-state index is 5.56. The summed E-state index contributed by atoms with van der Waals surface area (Å²) in [6.45, 7) is 0.728. The van der Waals surface area contributed by atoms with Gasteiger partial charge in [-0.2, -0.15) is 0 Å². The zero-order valence-electron chi connectivity index (χ0n) is 8.79. The number of aromatic nitrogens is 1. The van der Waals surface area contributed by atoms with Gasteiger partial charge in [0, 0.05) is 11.2 Å². The fourth-order valence-corrected chi connectivity index (χ4v) is 2.14. The van der Waals surface area contributed by atoms with Crippen LogP contribution in [0.2, 0.25) is 0 Å². The van der Waals surface area contributed by atoms with Gasteiger partial charge in [-0.25, -0.2) is 0 Å². The van der Waals surface area contributed by atoms with Crippen molar-refractivity contribution in [3.05, 3.63) is 35.5 Å². The molecule has 1 aliphatic rings. The second-order valence-electron chi connectivity index (χ2n) is 4.46. The number of aromatic amines is 1. The second kappa shape index (κ2) is 3.38. The highest BCUT2D eigenvalue weighted by atomic mass is 14.7. The van der Waals surface area contributed by atoms with E-state index in [0.29, 0.717) is 0 Å². The minimum Gasteiger partial charge on any atom is -0.358 e. The lowest BCUT2D eigenvalue weighted by Gasteiger charge is -1.97. The Kier molecular flexibility index (Phi) is 2.03. The molecule has 15 heavy (non-hydrogen) atoms. The fourth-order valence-electron chi connectivity index (χ4n) is 2.14. The van der Waals surface area contributed by atoms with Gasteiger partial charge in [0.25, 0.3) is 0 Å². The number of nitrogens with two attached hydrogens (primary N) is 1. The van der Waals surface area contributed by atoms with E-state index >= 15 is 0 Å². The second-order valence-corrected chi connectivity index (χ2v) is 4.46. The lowest BCUT2D eigenvalue weighted by molar-refractivity contribution is 0.971. The molecule has 2 heteroatoms. The lowest BCUT2D eigenvalue weighted by Crippen LogP contribution is -2.02. The zero-order chi connectivity index (χ0) is 10.3. The van der Waals surface area contributed by atoms with Crippen LogP contribution in [0.1, 0.15) is 30.0 Å². The van der Waals surface area contributed by atoms with Gasteiger partial charge >= 0.3 is 0 Å². The molecule has 0 amide bonds. The number of hydrogen-bond acceptors (Lipinski definition) is 1. The van der Waals surface area contributed by atoms with Crippen molar-refractivity contribution in [2.45, 2.75) is 25.2 Å². The molecule has 78 valence electrons. The number of rotatable bonds is 3. The molecule has 1 aliphatic carbocycles. The van der Waals surface area contributed by atoms with Gasteiger partial charge in [-0.3, -0.25) is 0 Å². The van der Waals surface area contributed by atoms with E-state index in [4.69, 9.17) is 5.73 Å². The van der Waals surface area contributed by atoms with E-state index in [0.717, 1.165) is 18.9 Å². The predicted octanol–water partition coefficient (Wildman–Crippen LogP) is 2.55. The Morgan fingerprint density at radius 3 is 2.87 bits per heavy atom. The van der Waals surface area contributed by atoms with Crippen LogP contribution in [-0.2, 0) is 6.42 Å². The van der Waals surface area contributed by atoms with Crippen molar-refractivity contribution >= 4 is 10.9 Å². The smallest absolute Gasteiger partial charge is 0.0456 e. The van der Waals surface area contributed by atoms with Gasteiger partial charge in [0.2, 0.25) is 0 Å². The summed E-state index contributed by atoms with van der Waals surface area (Å²) >= 11 is 0. The standard InChI is InChI=1S/C13H16N2/c14-6-5-9-1-4-12-11(7-9)8-13(15-12)10-2-3-10/h1,4,7-8,10,15H,2-3,5-6,14H2. The highest BCUT2D eigenvalue weighted by molar-refractivity contribution is 5.81. The molecule has 0 unspecified atom stereocenters. The van der Waals surface area contributed by atoms with E-state index in [1.54, 1.807) is 0 Å². The highest BCUT2D eigenvalue weighted by Crippen LogP contribution is 2.40. The monoisotopic (exact) mass is 200 g/mol. The summed E-state index contributed by atoms with van der Waals surface area (Å²) in [7, 11) is 0. The minimum absolute atomic E-state index is 0.728. The summed E-state index contributed by atoms with van der Waals surface area (Å²) < 4.78 is 0. The van der Waals surface area contributed by atoms with Crippen molar-refractivity contribution in [2.75, 3.05) is 6.54 Å². The third-order valence-corrected chi connectivity index (χ3v) is 3.16. The van der Waals surface area contributed by atoms with Gasteiger partial charge in [0.05, 0.1) is 0 Å². The maximum atomic E-state index is 5.56. The Hall–Kier alpha value is -1.28. The molecule has 2 aromatic rings. The van der Waals surface area contributed by atoms with E-state index in [1.165, 1.54) is 35.0 Å². The van der Waals surface area contributed by atoms with Crippen molar-refractivity contribution in [1.29, 1.82) is 0 Å². The number of hydrogen-bond donors (Lipinski definition) is 2. The molecule has 2 nitrogen and oxygen atoms in total. The topological polar surface area (TPSA) is 41.8 Å². The summed E-state index contributed by atoms with van der Waals surface area (Å²) in [4.78, 5) is 3.50. The quantitative estimate of drug-likeness (QED) is 0.785. The first-order valence-electron chi connectivity index (χ1n) is 5.68. The average molecular weight is 200 g/mol. The van der Waals surface area contributed by atoms with Crippen molar-refractivity contribution in [3.63, 3.8) is 0 Å². The van der Waals surface area contributed by atoms with Crippen molar-refractivity contribution in [3.8, 4) is 0 Å². The SMILES string of the molecule is NCCc1ccc2[nH]c(C3CC3)cc2c1. The van der Waals surface area contributed by atoms with Gasteiger partial charge in [-0.05, 0) is 60.9 Å². The first-order chi connectivity index (χ1) is 7.36. The molecule has 0 saturated heterocycles. The van der Waals surface area contributed by atoms with Crippen LogP contribution in [0, 0.1) is 0 Å². The molecule has 1 aromatic carbocycles. The van der Waals surface area contributed by atoms with Crippen LogP contribution in [0.4, 0.5) is 0 Å². The van der Waals surface area contributed by atoms with Gasteiger partial charge in [-0.15, -0.1) is 0 Å². The molecule has 3 rings (SSSR count). The largest absolute Gasteiger partial charge is 0.358 e. The Morgan fingerprint density at radius 2 is 2.13 bits per heavy atom. The van der Waals surface area contributed by atoms with Crippen molar-refractivity contribution in [1.82, 2.24) is 4.98 Å². The van der Waals surface area contributed by atoms with Crippen LogP contribution >= 0.6 is 0 Å². The molecule has 1 fully saturated rings. The van der Waals surface area contributed by atoms with E-state index in [1.807, 2.05) is 0 Å². The highest BCUT2D eigenvalue weighted by Gasteiger charge is 2.24. The molecule has 1 saturated carbocycles. The Morgan fingerprint density at radius 1 is 1.27 bits per heavy atom. The average Bonchev–Trinajstić information content (AvgIpc) is 2.99. The van der Waals surface area contributed by atoms with Crippen molar-refractivity contribution in [2.24, 2.45) is 5.73 Å². The Balaban J connectivity index is 2.02. The lowest BCUT2D eigenvalue weighted by atomic mass is 10.1. The molecule has 0 aliphatic heterocycles. The van der Waals surface area contributed by atoms with Gasteiger partial charge in [0.15, 0.2) is 0 Å². The van der Waals surface area contributed by atoms with Crippen LogP contribution in [0.25, 0.3) is 10.9 Å². The van der Waals surface area contributed by atoms with Crippen LogP contribution < -0.4 is 5.73 Å². The number of nitrogens with one attached hydrogen (secondary N) is 1. The number of H-pyrrole nitrogens is 1. The Labute approximate surface area is 89.5 Å². The summed E-state index contributed by atoms with van der Waals surface area (Å²) in [6.07, 6.45) is 3.67. The summed E-state index contributed by atoms with van der Waals surface area (Å²) in [5, 5.41) is 1.34. The molecular weight excluding hydrogens is 184 g/mol. The van der Waals surface area contributed by atoms with Gasteiger partial charge in [0.1, 0.15) is 0 Å². The summed E-state index contributed by atoms with van der Waals surface area (Å²) in [6, 6.07) is 8.90. The van der Waals surface area contributed by atoms with Crippen LogP contribution in [-0.4, -0.2) is 11.5 Å². The van der Waals surface area contributed by atoms with Crippen molar-refractivity contribution < 1.29 is 0 Å². The molecular formula is C13H16N2. The summed E-state index contributed by atoms with van der Waals surface area (Å²) in [5.74, 6) is 0.801. The van der Waals surface area contributed by atoms with E-state index < -0.39 is 0 Å². The maximum Gasteiger partial charge on any atom is 0.0456 e. The Bertz CT molecular complexity index is 480. The number of benzene rings is 1. The van der Waals surface area contributed by atoms with E-state index in [2.05, 4.69) is 29.2 Å². The van der Waals surface area contributed by atoms with Gasteiger partial charge in [-0.1, -0.05) is 6.07 Å². The minimum atomic E-state index is 0.728. The van der Waals surface area contributed by atoms with Crippen LogP contribution in [0.5, 0.6) is 0 Å². The molecule has 1 heterocycles. The summed E-state index contributed by atoms with van der Waals surface area (Å²) in [5.41, 5.74) is 9.57. The van der Waals surface area contributed by atoms with Gasteiger partial charge < -0.3 is 10.7 Å². The fraction of sp³-hybridized carbons (Fsp3) is 0.385. The molecule has 0 spiro atoms. The van der Waals surface area contributed by atoms with Crippen LogP contribution in [0.3, 0.4) is 0 Å². The number of fused-ring (bicyclic) bond motifs is 1. The first-order valence-corrected chi connectivity index (χ1v) is 5.68. The molecule has 1 aromatic heterocycles. The van der Waals surface area contributed by atoms with Crippen LogP contribution in [0.15, 0.2) is 24.3 Å². The first kappa shape index (κ1) is 8.98. The van der Waals surface area contributed by atoms with E-state index in [9.17, 15) is 0 Å². The normalized spacial score (nSPS) is 16.1. The van der Waals surface area contributed by atoms with E-state index in [-0.39, 0.29) is 0 Å². The molecule has 3 N–H and O–H groups in total. The molecule has 0 radical (unpaired) electrons. The zero-order valence-corrected chi connectivity index (χ0v) is 8.79. The molecule has 0 atom stereocenters. The molecule has 0 bridgehead atoms. The third kappa shape index (κ3) is 1.65. The predicted molar refractivity (Wildman–Crippen MR) is 63.0 cm³/mol.